The normalized spacial score (nSPS) is 14.7. The first-order valence-corrected chi connectivity index (χ1v) is 10.8. The molecule has 0 aliphatic carbocycles. The summed E-state index contributed by atoms with van der Waals surface area (Å²) < 4.78 is 5.49. The van der Waals surface area contributed by atoms with E-state index in [4.69, 9.17) is 4.74 Å². The number of ether oxygens (including phenoxy) is 1. The van der Waals surface area contributed by atoms with E-state index in [1.54, 1.807) is 18.2 Å². The molecule has 2 aromatic carbocycles. The third-order valence-corrected chi connectivity index (χ3v) is 5.95. The van der Waals surface area contributed by atoms with E-state index >= 15 is 0 Å². The Balaban J connectivity index is 1.32. The number of hydrogen-bond donors (Lipinski definition) is 2. The lowest BCUT2D eigenvalue weighted by Crippen LogP contribution is -2.38. The Labute approximate surface area is 180 Å². The Morgan fingerprint density at radius 1 is 1.00 bits per heavy atom. The minimum Gasteiger partial charge on any atom is -0.494 e. The summed E-state index contributed by atoms with van der Waals surface area (Å²) in [5.74, 6) is 1.47. The SMILES string of the molecule is CCOc1ccc(CCC2CCN(C(=O)c3ccc4[nH]c(=O)c(=O)[nH]c4c3)CC2)cc1. The fourth-order valence-electron chi connectivity index (χ4n) is 4.14. The van der Waals surface area contributed by atoms with Crippen LogP contribution in [0.4, 0.5) is 0 Å². The van der Waals surface area contributed by atoms with Gasteiger partial charge in [-0.1, -0.05) is 12.1 Å². The standard InChI is InChI=1S/C24H27N3O4/c1-2-31-19-8-5-16(6-9-19)3-4-17-11-13-27(14-12-17)24(30)18-7-10-20-21(15-18)26-23(29)22(28)25-20/h5-10,15,17H,2-4,11-14H2,1H3,(H,25,28)(H,26,29). The summed E-state index contributed by atoms with van der Waals surface area (Å²) in [6.07, 6.45) is 4.11. The van der Waals surface area contributed by atoms with Gasteiger partial charge in [0.05, 0.1) is 17.6 Å². The zero-order valence-corrected chi connectivity index (χ0v) is 17.6. The second-order valence-corrected chi connectivity index (χ2v) is 8.02. The number of aryl methyl sites for hydroxylation is 1. The molecular weight excluding hydrogens is 394 g/mol. The maximum atomic E-state index is 12.9. The van der Waals surface area contributed by atoms with Crippen molar-refractivity contribution in [3.8, 4) is 5.75 Å². The number of carbonyl (C=O) groups excluding carboxylic acids is 1. The highest BCUT2D eigenvalue weighted by Gasteiger charge is 2.23. The highest BCUT2D eigenvalue weighted by molar-refractivity contribution is 5.97. The molecule has 1 aliphatic rings. The fourth-order valence-corrected chi connectivity index (χ4v) is 4.14. The molecule has 1 fully saturated rings. The van der Waals surface area contributed by atoms with Crippen molar-refractivity contribution >= 4 is 16.9 Å². The zero-order valence-electron chi connectivity index (χ0n) is 17.6. The Morgan fingerprint density at radius 2 is 1.68 bits per heavy atom. The average molecular weight is 421 g/mol. The minimum absolute atomic E-state index is 0.0427. The van der Waals surface area contributed by atoms with E-state index in [2.05, 4.69) is 22.1 Å². The van der Waals surface area contributed by atoms with E-state index in [0.29, 0.717) is 29.1 Å². The molecule has 1 aliphatic heterocycles. The zero-order chi connectivity index (χ0) is 21.8. The molecule has 2 N–H and O–H groups in total. The van der Waals surface area contributed by atoms with Crippen LogP contribution in [0.5, 0.6) is 5.75 Å². The Bertz CT molecular complexity index is 1170. The molecule has 3 aromatic rings. The lowest BCUT2D eigenvalue weighted by atomic mass is 9.90. The molecule has 0 saturated carbocycles. The van der Waals surface area contributed by atoms with Crippen molar-refractivity contribution in [1.82, 2.24) is 14.9 Å². The number of carbonyl (C=O) groups is 1. The first kappa shape index (κ1) is 20.9. The van der Waals surface area contributed by atoms with Crippen molar-refractivity contribution in [2.75, 3.05) is 19.7 Å². The number of nitrogens with zero attached hydrogens (tertiary/aromatic N) is 1. The van der Waals surface area contributed by atoms with Gasteiger partial charge in [0, 0.05) is 18.7 Å². The number of amides is 1. The van der Waals surface area contributed by atoms with Crippen LogP contribution < -0.4 is 15.9 Å². The molecule has 0 bridgehead atoms. The van der Waals surface area contributed by atoms with Crippen LogP contribution in [-0.4, -0.2) is 40.5 Å². The average Bonchev–Trinajstić information content (AvgIpc) is 2.79. The molecule has 2 heterocycles. The Hall–Kier alpha value is -3.35. The van der Waals surface area contributed by atoms with Crippen molar-refractivity contribution in [3.05, 3.63) is 74.3 Å². The predicted octanol–water partition coefficient (Wildman–Crippen LogP) is 3.10. The van der Waals surface area contributed by atoms with E-state index in [0.717, 1.165) is 44.5 Å². The molecule has 0 unspecified atom stereocenters. The molecule has 1 amide bonds. The summed E-state index contributed by atoms with van der Waals surface area (Å²) in [6.45, 7) is 4.11. The number of hydrogen-bond acceptors (Lipinski definition) is 4. The summed E-state index contributed by atoms with van der Waals surface area (Å²) >= 11 is 0. The van der Waals surface area contributed by atoms with Crippen LogP contribution in [-0.2, 0) is 6.42 Å². The van der Waals surface area contributed by atoms with Gasteiger partial charge in [-0.2, -0.15) is 0 Å². The monoisotopic (exact) mass is 421 g/mol. The van der Waals surface area contributed by atoms with Crippen LogP contribution in [0.3, 0.4) is 0 Å². The fraction of sp³-hybridized carbons (Fsp3) is 0.375. The summed E-state index contributed by atoms with van der Waals surface area (Å²) in [5, 5.41) is 0. The number of benzene rings is 2. The smallest absolute Gasteiger partial charge is 0.314 e. The largest absolute Gasteiger partial charge is 0.494 e. The molecule has 0 atom stereocenters. The van der Waals surface area contributed by atoms with Gasteiger partial charge in [0.15, 0.2) is 0 Å². The van der Waals surface area contributed by atoms with E-state index in [1.165, 1.54) is 5.56 Å². The summed E-state index contributed by atoms with van der Waals surface area (Å²) in [7, 11) is 0. The lowest BCUT2D eigenvalue weighted by molar-refractivity contribution is 0.0687. The summed E-state index contributed by atoms with van der Waals surface area (Å²) in [5.41, 5.74) is 1.38. The maximum absolute atomic E-state index is 12.9. The van der Waals surface area contributed by atoms with Crippen LogP contribution in [0.15, 0.2) is 52.1 Å². The van der Waals surface area contributed by atoms with E-state index in [-0.39, 0.29) is 5.91 Å². The first-order valence-electron chi connectivity index (χ1n) is 10.8. The molecule has 7 nitrogen and oxygen atoms in total. The number of aromatic amines is 2. The van der Waals surface area contributed by atoms with Crippen LogP contribution in [0.1, 0.15) is 42.1 Å². The Kier molecular flexibility index (Phi) is 6.21. The topological polar surface area (TPSA) is 95.3 Å². The second kappa shape index (κ2) is 9.20. The van der Waals surface area contributed by atoms with Gasteiger partial charge in [0.25, 0.3) is 5.91 Å². The number of fused-ring (bicyclic) bond motifs is 1. The number of nitrogens with one attached hydrogen (secondary N) is 2. The first-order chi connectivity index (χ1) is 15.0. The molecule has 162 valence electrons. The molecule has 1 saturated heterocycles. The molecule has 7 heteroatoms. The maximum Gasteiger partial charge on any atom is 0.314 e. The quantitative estimate of drug-likeness (QED) is 0.598. The molecule has 4 rings (SSSR count). The molecule has 0 radical (unpaired) electrons. The summed E-state index contributed by atoms with van der Waals surface area (Å²) in [4.78, 5) is 42.8. The van der Waals surface area contributed by atoms with Gasteiger partial charge in [0.2, 0.25) is 0 Å². The van der Waals surface area contributed by atoms with Crippen molar-refractivity contribution in [1.29, 1.82) is 0 Å². The van der Waals surface area contributed by atoms with E-state index in [9.17, 15) is 14.4 Å². The van der Waals surface area contributed by atoms with Crippen molar-refractivity contribution in [2.24, 2.45) is 5.92 Å². The van der Waals surface area contributed by atoms with Crippen LogP contribution in [0.2, 0.25) is 0 Å². The predicted molar refractivity (Wildman–Crippen MR) is 120 cm³/mol. The van der Waals surface area contributed by atoms with Gasteiger partial charge in [-0.15, -0.1) is 0 Å². The molecule has 31 heavy (non-hydrogen) atoms. The number of likely N-dealkylation sites (tertiary alicyclic amines) is 1. The Morgan fingerprint density at radius 3 is 2.35 bits per heavy atom. The van der Waals surface area contributed by atoms with Crippen LogP contribution in [0.25, 0.3) is 11.0 Å². The number of aromatic nitrogens is 2. The third kappa shape index (κ3) is 4.87. The van der Waals surface area contributed by atoms with Crippen molar-refractivity contribution < 1.29 is 9.53 Å². The van der Waals surface area contributed by atoms with E-state index < -0.39 is 11.1 Å². The molecular formula is C24H27N3O4. The second-order valence-electron chi connectivity index (χ2n) is 8.02. The van der Waals surface area contributed by atoms with Gasteiger partial charge in [-0.3, -0.25) is 14.4 Å². The number of piperidine rings is 1. The third-order valence-electron chi connectivity index (χ3n) is 5.95. The van der Waals surface area contributed by atoms with Crippen molar-refractivity contribution in [2.45, 2.75) is 32.6 Å². The molecule has 1 aromatic heterocycles. The highest BCUT2D eigenvalue weighted by atomic mass is 16.5. The van der Waals surface area contributed by atoms with E-state index in [1.807, 2.05) is 24.0 Å². The highest BCUT2D eigenvalue weighted by Crippen LogP contribution is 2.24. The van der Waals surface area contributed by atoms with Gasteiger partial charge < -0.3 is 19.6 Å². The minimum atomic E-state index is -0.717. The number of rotatable bonds is 6. The lowest BCUT2D eigenvalue weighted by Gasteiger charge is -2.32. The van der Waals surface area contributed by atoms with Crippen LogP contribution in [0, 0.1) is 5.92 Å². The van der Waals surface area contributed by atoms with Gasteiger partial charge in [0.1, 0.15) is 5.75 Å². The van der Waals surface area contributed by atoms with Crippen LogP contribution >= 0.6 is 0 Å². The molecule has 0 spiro atoms. The van der Waals surface area contributed by atoms with Gasteiger partial charge in [-0.25, -0.2) is 0 Å². The van der Waals surface area contributed by atoms with Crippen molar-refractivity contribution in [3.63, 3.8) is 0 Å². The summed E-state index contributed by atoms with van der Waals surface area (Å²) in [6, 6.07) is 13.3. The van der Waals surface area contributed by atoms with Gasteiger partial charge in [-0.05, 0) is 74.4 Å². The number of H-pyrrole nitrogens is 2. The van der Waals surface area contributed by atoms with Gasteiger partial charge >= 0.3 is 11.1 Å².